The van der Waals surface area contributed by atoms with E-state index in [9.17, 15) is 13.2 Å². The average molecular weight is 465 g/mol. The fourth-order valence-electron chi connectivity index (χ4n) is 4.83. The lowest BCUT2D eigenvalue weighted by atomic mass is 9.98. The second kappa shape index (κ2) is 11.6. The Morgan fingerprint density at radius 2 is 1.69 bits per heavy atom. The highest BCUT2D eigenvalue weighted by Crippen LogP contribution is 2.23. The Morgan fingerprint density at radius 1 is 1.06 bits per heavy atom. The predicted octanol–water partition coefficient (Wildman–Crippen LogP) is 2.32. The predicted molar refractivity (Wildman–Crippen MR) is 128 cm³/mol. The van der Waals surface area contributed by atoms with Crippen molar-refractivity contribution in [2.24, 2.45) is 0 Å². The zero-order valence-electron chi connectivity index (χ0n) is 19.9. The quantitative estimate of drug-likeness (QED) is 0.607. The van der Waals surface area contributed by atoms with E-state index in [-0.39, 0.29) is 18.9 Å². The number of nitrogens with one attached hydrogen (secondary N) is 1. The van der Waals surface area contributed by atoms with Gasteiger partial charge in [-0.2, -0.15) is 4.31 Å². The van der Waals surface area contributed by atoms with Crippen LogP contribution in [-0.2, 0) is 21.2 Å². The molecule has 32 heavy (non-hydrogen) atoms. The van der Waals surface area contributed by atoms with E-state index >= 15 is 0 Å². The summed E-state index contributed by atoms with van der Waals surface area (Å²) < 4.78 is 28.6. The molecule has 2 heterocycles. The van der Waals surface area contributed by atoms with Crippen molar-refractivity contribution in [1.29, 1.82) is 0 Å². The molecule has 0 unspecified atom stereocenters. The zero-order chi connectivity index (χ0) is 23.1. The van der Waals surface area contributed by atoms with E-state index < -0.39 is 10.0 Å². The summed E-state index contributed by atoms with van der Waals surface area (Å²) in [6.45, 7) is 10.8. The minimum atomic E-state index is -3.66. The number of piperazine rings is 1. The van der Waals surface area contributed by atoms with Crippen molar-refractivity contribution in [2.75, 3.05) is 45.8 Å². The first kappa shape index (κ1) is 25.1. The highest BCUT2D eigenvalue weighted by molar-refractivity contribution is 7.89. The number of hydrogen-bond donors (Lipinski definition) is 1. The molecule has 0 radical (unpaired) electrons. The van der Waals surface area contributed by atoms with E-state index in [0.29, 0.717) is 43.2 Å². The normalized spacial score (nSPS) is 22.9. The molecule has 1 aromatic carbocycles. The third kappa shape index (κ3) is 6.31. The third-order valence-electron chi connectivity index (χ3n) is 7.00. The Morgan fingerprint density at radius 3 is 2.28 bits per heavy atom. The number of aryl methyl sites for hydroxylation is 1. The number of carbonyl (C=O) groups excluding carboxylic acids is 1. The minimum Gasteiger partial charge on any atom is -0.340 e. The second-order valence-corrected chi connectivity index (χ2v) is 11.1. The Hall–Kier alpha value is -1.48. The molecule has 2 saturated heterocycles. The van der Waals surface area contributed by atoms with Crippen molar-refractivity contribution in [3.63, 3.8) is 0 Å². The maximum atomic E-state index is 13.5. The van der Waals surface area contributed by atoms with Crippen LogP contribution < -0.4 is 5.32 Å². The molecule has 1 aromatic rings. The van der Waals surface area contributed by atoms with Crippen LogP contribution >= 0.6 is 0 Å². The third-order valence-corrected chi connectivity index (χ3v) is 8.91. The molecule has 1 amide bonds. The number of sulfonamides is 1. The summed E-state index contributed by atoms with van der Waals surface area (Å²) in [5.41, 5.74) is 1.11. The molecule has 3 rings (SSSR count). The Balaban J connectivity index is 1.73. The Bertz CT molecular complexity index is 827. The van der Waals surface area contributed by atoms with Gasteiger partial charge in [0, 0.05) is 64.3 Å². The first-order valence-corrected chi connectivity index (χ1v) is 13.6. The van der Waals surface area contributed by atoms with E-state index in [4.69, 9.17) is 0 Å². The lowest BCUT2D eigenvalue weighted by Crippen LogP contribution is -2.49. The molecule has 0 aromatic heterocycles. The molecule has 0 bridgehead atoms. The van der Waals surface area contributed by atoms with Crippen molar-refractivity contribution in [1.82, 2.24) is 19.4 Å². The van der Waals surface area contributed by atoms with Crippen molar-refractivity contribution >= 4 is 15.9 Å². The van der Waals surface area contributed by atoms with Gasteiger partial charge < -0.3 is 10.2 Å². The summed E-state index contributed by atoms with van der Waals surface area (Å²) >= 11 is 0. The fourth-order valence-corrected chi connectivity index (χ4v) is 6.27. The average Bonchev–Trinajstić information content (AvgIpc) is 2.80. The maximum absolute atomic E-state index is 13.5. The highest BCUT2D eigenvalue weighted by Gasteiger charge is 2.29. The summed E-state index contributed by atoms with van der Waals surface area (Å²) in [4.78, 5) is 17.3. The number of piperidine rings is 1. The number of nitrogens with zero attached hydrogens (tertiary/aromatic N) is 3. The van der Waals surface area contributed by atoms with Gasteiger partial charge in [0.15, 0.2) is 0 Å². The summed E-state index contributed by atoms with van der Waals surface area (Å²) in [5.74, 6) is 0.0349. The van der Waals surface area contributed by atoms with Crippen LogP contribution in [0.3, 0.4) is 0 Å². The van der Waals surface area contributed by atoms with Crippen LogP contribution in [0.25, 0.3) is 0 Å². The summed E-state index contributed by atoms with van der Waals surface area (Å²) in [5, 5.41) is 3.25. The van der Waals surface area contributed by atoms with Gasteiger partial charge in [-0.1, -0.05) is 25.5 Å². The number of carbonyl (C=O) groups is 1. The van der Waals surface area contributed by atoms with Gasteiger partial charge >= 0.3 is 0 Å². The molecule has 0 spiro atoms. The van der Waals surface area contributed by atoms with Gasteiger partial charge in [-0.25, -0.2) is 8.42 Å². The summed E-state index contributed by atoms with van der Waals surface area (Å²) in [7, 11) is -3.66. The van der Waals surface area contributed by atoms with Crippen LogP contribution in [-0.4, -0.2) is 86.3 Å². The second-order valence-electron chi connectivity index (χ2n) is 9.15. The number of likely N-dealkylation sites (tertiary alicyclic amines) is 1. The van der Waals surface area contributed by atoms with Crippen LogP contribution in [0.1, 0.15) is 52.0 Å². The molecule has 2 atom stereocenters. The molecular formula is C24H40N4O3S. The number of rotatable bonds is 9. The number of hydrogen-bond acceptors (Lipinski definition) is 5. The van der Waals surface area contributed by atoms with E-state index in [1.54, 1.807) is 12.1 Å². The molecule has 0 aliphatic carbocycles. The lowest BCUT2D eigenvalue weighted by molar-refractivity contribution is -0.131. The Labute approximate surface area is 194 Å². The van der Waals surface area contributed by atoms with Gasteiger partial charge in [0.25, 0.3) is 0 Å². The standard InChI is InChI=1S/C24H40N4O3S/c1-4-22-8-10-23(11-9-22)32(30,31)27(15-12-24(29)26-16-13-25-14-17-26)18-19-28-20(2)6-5-7-21(28)3/h8-11,20-21,25H,4-7,12-19H2,1-3H3/t20-,21-/m1/s1. The molecule has 180 valence electrons. The first-order chi connectivity index (χ1) is 15.3. The van der Waals surface area contributed by atoms with Crippen molar-refractivity contribution < 1.29 is 13.2 Å². The minimum absolute atomic E-state index is 0.0349. The first-order valence-electron chi connectivity index (χ1n) is 12.2. The molecule has 7 nitrogen and oxygen atoms in total. The van der Waals surface area contributed by atoms with Crippen LogP contribution in [0.5, 0.6) is 0 Å². The SMILES string of the molecule is CCc1ccc(S(=O)(=O)N(CCC(=O)N2CCNCC2)CCN2[C@H](C)CCC[C@H]2C)cc1. The zero-order valence-corrected chi connectivity index (χ0v) is 20.7. The van der Waals surface area contributed by atoms with Gasteiger partial charge in [0.05, 0.1) is 4.90 Å². The molecule has 0 saturated carbocycles. The van der Waals surface area contributed by atoms with Gasteiger partial charge in [-0.3, -0.25) is 9.69 Å². The topological polar surface area (TPSA) is 73.0 Å². The molecule has 8 heteroatoms. The van der Waals surface area contributed by atoms with Crippen molar-refractivity contribution in [3.8, 4) is 0 Å². The molecular weight excluding hydrogens is 424 g/mol. The van der Waals surface area contributed by atoms with Crippen LogP contribution in [0, 0.1) is 0 Å². The largest absolute Gasteiger partial charge is 0.340 e. The summed E-state index contributed by atoms with van der Waals surface area (Å²) in [6, 6.07) is 8.07. The number of amides is 1. The van der Waals surface area contributed by atoms with Gasteiger partial charge in [0.2, 0.25) is 15.9 Å². The molecule has 2 fully saturated rings. The van der Waals surface area contributed by atoms with E-state index in [1.807, 2.05) is 17.0 Å². The molecule has 2 aliphatic rings. The van der Waals surface area contributed by atoms with E-state index in [2.05, 4.69) is 31.0 Å². The van der Waals surface area contributed by atoms with Crippen molar-refractivity contribution in [3.05, 3.63) is 29.8 Å². The van der Waals surface area contributed by atoms with E-state index in [0.717, 1.165) is 37.9 Å². The van der Waals surface area contributed by atoms with Crippen molar-refractivity contribution in [2.45, 2.75) is 69.9 Å². The van der Waals surface area contributed by atoms with E-state index in [1.165, 1.54) is 10.7 Å². The fraction of sp³-hybridized carbons (Fsp3) is 0.708. The molecule has 1 N–H and O–H groups in total. The van der Waals surface area contributed by atoms with Gasteiger partial charge in [-0.05, 0) is 50.8 Å². The Kier molecular flexibility index (Phi) is 9.11. The summed E-state index contributed by atoms with van der Waals surface area (Å²) in [6.07, 6.45) is 4.61. The van der Waals surface area contributed by atoms with Crippen LogP contribution in [0.15, 0.2) is 29.2 Å². The maximum Gasteiger partial charge on any atom is 0.243 e. The lowest BCUT2D eigenvalue weighted by Gasteiger charge is -2.40. The monoisotopic (exact) mass is 464 g/mol. The van der Waals surface area contributed by atoms with Crippen LogP contribution in [0.2, 0.25) is 0 Å². The smallest absolute Gasteiger partial charge is 0.243 e. The number of benzene rings is 1. The highest BCUT2D eigenvalue weighted by atomic mass is 32.2. The molecule has 2 aliphatic heterocycles. The van der Waals surface area contributed by atoms with Crippen LogP contribution in [0.4, 0.5) is 0 Å². The van der Waals surface area contributed by atoms with Gasteiger partial charge in [0.1, 0.15) is 0 Å². The van der Waals surface area contributed by atoms with Gasteiger partial charge in [-0.15, -0.1) is 0 Å².